The Labute approximate surface area is 189 Å². The minimum absolute atomic E-state index is 0.198. The number of ether oxygens (including phenoxy) is 1. The number of carbonyl (C=O) groups excluding carboxylic acids is 1. The maximum atomic E-state index is 14.1. The topological polar surface area (TPSA) is 67.4 Å². The molecule has 1 amide bonds. The van der Waals surface area contributed by atoms with Gasteiger partial charge in [-0.3, -0.25) is 4.79 Å². The molecule has 0 spiro atoms. The molecule has 4 rings (SSSR count). The van der Waals surface area contributed by atoms with Crippen molar-refractivity contribution in [3.8, 4) is 0 Å². The highest BCUT2D eigenvalue weighted by Gasteiger charge is 2.46. The molecule has 166 valence electrons. The fourth-order valence-electron chi connectivity index (χ4n) is 5.04. The van der Waals surface area contributed by atoms with Crippen LogP contribution in [0.4, 0.5) is 5.82 Å². The van der Waals surface area contributed by atoms with Gasteiger partial charge in [0, 0.05) is 49.9 Å². The van der Waals surface area contributed by atoms with Crippen LogP contribution in [-0.4, -0.2) is 54.1 Å². The highest BCUT2D eigenvalue weighted by Crippen LogP contribution is 2.40. The maximum absolute atomic E-state index is 14.1. The molecule has 2 aliphatic rings. The third-order valence-corrected chi connectivity index (χ3v) is 7.10. The highest BCUT2D eigenvalue weighted by molar-refractivity contribution is 6.30. The fraction of sp³-hybridized carbons (Fsp3) is 0.542. The number of nitrogens with one attached hydrogen (secondary N) is 1. The number of hydrogen-bond acceptors (Lipinski definition) is 5. The minimum Gasteiger partial charge on any atom is -0.381 e. The number of benzene rings is 1. The molecule has 1 N–H and O–H groups in total. The lowest BCUT2D eigenvalue weighted by atomic mass is 9.71. The van der Waals surface area contributed by atoms with Gasteiger partial charge < -0.3 is 15.0 Å². The van der Waals surface area contributed by atoms with E-state index < -0.39 is 5.41 Å². The Hall–Kier alpha value is -2.18. The van der Waals surface area contributed by atoms with Crippen molar-refractivity contribution in [2.45, 2.75) is 50.4 Å². The van der Waals surface area contributed by atoms with Gasteiger partial charge in [-0.15, -0.1) is 0 Å². The van der Waals surface area contributed by atoms with E-state index in [-0.39, 0.29) is 11.3 Å². The summed E-state index contributed by atoms with van der Waals surface area (Å²) in [6.07, 6.45) is 3.33. The maximum Gasteiger partial charge on any atom is 0.233 e. The van der Waals surface area contributed by atoms with Gasteiger partial charge in [0.2, 0.25) is 5.91 Å². The number of piperidine rings is 1. The first-order chi connectivity index (χ1) is 14.9. The molecular formula is C24H31ClN4O2. The Kier molecular flexibility index (Phi) is 6.22. The van der Waals surface area contributed by atoms with Crippen molar-refractivity contribution in [3.63, 3.8) is 0 Å². The van der Waals surface area contributed by atoms with Crippen LogP contribution in [-0.2, 0) is 20.4 Å². The molecule has 1 aromatic carbocycles. The van der Waals surface area contributed by atoms with Crippen molar-refractivity contribution in [1.29, 1.82) is 0 Å². The Morgan fingerprint density at radius 2 is 1.87 bits per heavy atom. The molecule has 0 aliphatic carbocycles. The summed E-state index contributed by atoms with van der Waals surface area (Å²) < 4.78 is 5.64. The molecule has 0 bridgehead atoms. The fourth-order valence-corrected chi connectivity index (χ4v) is 5.17. The molecule has 7 heteroatoms. The zero-order valence-corrected chi connectivity index (χ0v) is 19.3. The van der Waals surface area contributed by atoms with E-state index in [2.05, 4.69) is 22.1 Å². The van der Waals surface area contributed by atoms with Gasteiger partial charge in [0.1, 0.15) is 11.6 Å². The number of halogens is 1. The molecule has 3 heterocycles. The third-order valence-electron chi connectivity index (χ3n) is 6.85. The smallest absolute Gasteiger partial charge is 0.233 e. The number of nitrogens with zero attached hydrogens (tertiary/aromatic N) is 3. The van der Waals surface area contributed by atoms with Gasteiger partial charge in [-0.05, 0) is 50.3 Å². The van der Waals surface area contributed by atoms with Crippen LogP contribution in [0.5, 0.6) is 0 Å². The molecule has 0 radical (unpaired) electrons. The summed E-state index contributed by atoms with van der Waals surface area (Å²) in [4.78, 5) is 25.3. The quantitative estimate of drug-likeness (QED) is 0.771. The van der Waals surface area contributed by atoms with Crippen LogP contribution in [0.25, 0.3) is 0 Å². The number of aryl methyl sites for hydroxylation is 1. The van der Waals surface area contributed by atoms with Crippen molar-refractivity contribution < 1.29 is 9.53 Å². The first-order valence-electron chi connectivity index (χ1n) is 11.0. The second-order valence-electron chi connectivity index (χ2n) is 9.03. The standard InChI is InChI=1S/C24H31ClN4O2/c1-17-27-20(15-21(26-3)28-17)23(2)9-4-12-29(16-23)22(30)24(10-13-31-14-11-24)18-5-7-19(25)8-6-18/h5-8,15H,4,9-14,16H2,1-3H3,(H,26,27,28). The van der Waals surface area contributed by atoms with Gasteiger partial charge in [0.15, 0.2) is 0 Å². The summed E-state index contributed by atoms with van der Waals surface area (Å²) >= 11 is 6.13. The molecule has 1 aromatic heterocycles. The Balaban J connectivity index is 1.65. The normalized spacial score (nSPS) is 23.4. The van der Waals surface area contributed by atoms with Crippen LogP contribution in [0.1, 0.15) is 49.7 Å². The summed E-state index contributed by atoms with van der Waals surface area (Å²) in [6.45, 7) is 6.74. The van der Waals surface area contributed by atoms with Gasteiger partial charge in [-0.2, -0.15) is 0 Å². The highest BCUT2D eigenvalue weighted by atomic mass is 35.5. The average Bonchev–Trinajstić information content (AvgIpc) is 2.79. The number of hydrogen-bond donors (Lipinski definition) is 1. The molecule has 2 saturated heterocycles. The summed E-state index contributed by atoms with van der Waals surface area (Å²) in [5.74, 6) is 1.76. The van der Waals surface area contributed by atoms with Crippen molar-refractivity contribution in [3.05, 3.63) is 52.4 Å². The van der Waals surface area contributed by atoms with E-state index in [1.807, 2.05) is 44.3 Å². The van der Waals surface area contributed by atoms with Crippen LogP contribution < -0.4 is 5.32 Å². The Morgan fingerprint density at radius 3 is 2.55 bits per heavy atom. The van der Waals surface area contributed by atoms with Crippen molar-refractivity contribution >= 4 is 23.3 Å². The van der Waals surface area contributed by atoms with Crippen molar-refractivity contribution in [2.75, 3.05) is 38.7 Å². The molecular weight excluding hydrogens is 412 g/mol. The van der Waals surface area contributed by atoms with Gasteiger partial charge in [0.25, 0.3) is 0 Å². The molecule has 0 saturated carbocycles. The van der Waals surface area contributed by atoms with Crippen LogP contribution in [0.15, 0.2) is 30.3 Å². The van der Waals surface area contributed by atoms with E-state index in [0.29, 0.717) is 37.6 Å². The van der Waals surface area contributed by atoms with Crippen LogP contribution in [0.2, 0.25) is 5.02 Å². The zero-order chi connectivity index (χ0) is 22.1. The number of likely N-dealkylation sites (tertiary alicyclic amines) is 1. The molecule has 2 aromatic rings. The van der Waals surface area contributed by atoms with E-state index >= 15 is 0 Å². The molecule has 1 unspecified atom stereocenters. The van der Waals surface area contributed by atoms with Gasteiger partial charge in [0.05, 0.1) is 11.1 Å². The Morgan fingerprint density at radius 1 is 1.16 bits per heavy atom. The number of amides is 1. The van der Waals surface area contributed by atoms with Gasteiger partial charge in [-0.25, -0.2) is 9.97 Å². The van der Waals surface area contributed by atoms with Crippen molar-refractivity contribution in [1.82, 2.24) is 14.9 Å². The first-order valence-corrected chi connectivity index (χ1v) is 11.4. The Bertz CT molecular complexity index is 943. The summed E-state index contributed by atoms with van der Waals surface area (Å²) in [5.41, 5.74) is 1.26. The second kappa shape index (κ2) is 8.75. The second-order valence-corrected chi connectivity index (χ2v) is 9.46. The van der Waals surface area contributed by atoms with Gasteiger partial charge >= 0.3 is 0 Å². The molecule has 1 atom stereocenters. The molecule has 2 fully saturated rings. The summed E-state index contributed by atoms with van der Waals surface area (Å²) in [5, 5.41) is 3.81. The van der Waals surface area contributed by atoms with Crippen LogP contribution in [0.3, 0.4) is 0 Å². The predicted molar refractivity (Wildman–Crippen MR) is 123 cm³/mol. The number of anilines is 1. The largest absolute Gasteiger partial charge is 0.381 e. The SMILES string of the molecule is CNc1cc(C2(C)CCCN(C(=O)C3(c4ccc(Cl)cc4)CCOCC3)C2)nc(C)n1. The lowest BCUT2D eigenvalue weighted by Gasteiger charge is -2.45. The van der Waals surface area contributed by atoms with Crippen LogP contribution >= 0.6 is 11.6 Å². The summed E-state index contributed by atoms with van der Waals surface area (Å²) in [6, 6.07) is 9.78. The zero-order valence-electron chi connectivity index (χ0n) is 18.6. The van der Waals surface area contributed by atoms with E-state index in [4.69, 9.17) is 21.3 Å². The number of aromatic nitrogens is 2. The minimum atomic E-state index is -0.557. The van der Waals surface area contributed by atoms with E-state index in [1.165, 1.54) is 0 Å². The molecule has 31 heavy (non-hydrogen) atoms. The molecule has 2 aliphatic heterocycles. The lowest BCUT2D eigenvalue weighted by molar-refractivity contribution is -0.143. The van der Waals surface area contributed by atoms with E-state index in [9.17, 15) is 4.79 Å². The number of carbonyl (C=O) groups is 1. The van der Waals surface area contributed by atoms with Crippen molar-refractivity contribution in [2.24, 2.45) is 0 Å². The summed E-state index contributed by atoms with van der Waals surface area (Å²) in [7, 11) is 1.87. The molecule has 6 nitrogen and oxygen atoms in total. The average molecular weight is 443 g/mol. The monoisotopic (exact) mass is 442 g/mol. The van der Waals surface area contributed by atoms with Crippen LogP contribution in [0, 0.1) is 6.92 Å². The predicted octanol–water partition coefficient (Wildman–Crippen LogP) is 4.11. The first kappa shape index (κ1) is 22.0. The third kappa shape index (κ3) is 4.28. The van der Waals surface area contributed by atoms with E-state index in [1.54, 1.807) is 0 Å². The van der Waals surface area contributed by atoms with E-state index in [0.717, 1.165) is 42.3 Å². The van der Waals surface area contributed by atoms with Gasteiger partial charge in [-0.1, -0.05) is 30.7 Å². The number of rotatable bonds is 4. The lowest BCUT2D eigenvalue weighted by Crippen LogP contribution is -2.55.